The topological polar surface area (TPSA) is 73.8 Å². The lowest BCUT2D eigenvalue weighted by atomic mass is 9.85. The van der Waals surface area contributed by atoms with E-state index in [0.29, 0.717) is 49.5 Å². The molecule has 0 unspecified atom stereocenters. The van der Waals surface area contributed by atoms with E-state index < -0.39 is 27.2 Å². The van der Waals surface area contributed by atoms with Crippen LogP contribution in [0, 0.1) is 11.6 Å². The minimum atomic E-state index is -3.60. The predicted octanol–water partition coefficient (Wildman–Crippen LogP) is 4.00. The van der Waals surface area contributed by atoms with Gasteiger partial charge in [0, 0.05) is 32.2 Å². The highest BCUT2D eigenvalue weighted by atomic mass is 35.5. The van der Waals surface area contributed by atoms with Crippen LogP contribution >= 0.6 is 12.4 Å². The van der Waals surface area contributed by atoms with E-state index in [2.05, 4.69) is 36.4 Å². The Hall–Kier alpha value is -2.07. The smallest absolute Gasteiger partial charge is 0.243 e. The molecule has 0 radical (unpaired) electrons. The third-order valence-corrected chi connectivity index (χ3v) is 8.53. The Kier molecular flexibility index (Phi) is 8.26. The first-order valence-corrected chi connectivity index (χ1v) is 13.0. The molecule has 0 aromatic heterocycles. The number of halogens is 3. The van der Waals surface area contributed by atoms with Crippen molar-refractivity contribution in [1.82, 2.24) is 14.9 Å². The molecule has 2 aromatic rings. The van der Waals surface area contributed by atoms with E-state index in [1.54, 1.807) is 12.1 Å². The van der Waals surface area contributed by atoms with Gasteiger partial charge in [0.25, 0.3) is 0 Å². The summed E-state index contributed by atoms with van der Waals surface area (Å²) in [6, 6.07) is 10.6. The Bertz CT molecular complexity index is 1150. The Morgan fingerprint density at radius 2 is 1.66 bits per heavy atom. The molecule has 0 amide bonds. The van der Waals surface area contributed by atoms with Gasteiger partial charge >= 0.3 is 0 Å². The van der Waals surface area contributed by atoms with Gasteiger partial charge in [-0.1, -0.05) is 32.9 Å². The molecule has 2 aromatic carbocycles. The van der Waals surface area contributed by atoms with Crippen molar-refractivity contribution in [3.05, 3.63) is 65.2 Å². The van der Waals surface area contributed by atoms with Crippen LogP contribution in [0.2, 0.25) is 0 Å². The molecule has 0 aliphatic carbocycles. The van der Waals surface area contributed by atoms with E-state index in [9.17, 15) is 17.2 Å². The number of piperidine rings is 1. The maximum Gasteiger partial charge on any atom is 0.243 e. The van der Waals surface area contributed by atoms with Crippen molar-refractivity contribution < 1.29 is 17.2 Å². The molecule has 6 nitrogen and oxygen atoms in total. The highest BCUT2D eigenvalue weighted by Crippen LogP contribution is 2.30. The van der Waals surface area contributed by atoms with Crippen LogP contribution in [0.4, 0.5) is 8.78 Å². The van der Waals surface area contributed by atoms with Crippen LogP contribution in [0.15, 0.2) is 52.4 Å². The van der Waals surface area contributed by atoms with Crippen LogP contribution in [-0.2, 0) is 22.0 Å². The Morgan fingerprint density at radius 1 is 1.06 bits per heavy atom. The second-order valence-electron chi connectivity index (χ2n) is 10.0. The van der Waals surface area contributed by atoms with Gasteiger partial charge < -0.3 is 10.6 Å². The van der Waals surface area contributed by atoms with Gasteiger partial charge in [-0.3, -0.25) is 4.99 Å². The SMILES string of the molecule is CC(C)(C)c1ccc(S(=O)(=O)N2CCC3(CC2)NCCN=C3NCc2cc(F)cc(F)c2)cc1.Cl. The van der Waals surface area contributed by atoms with Crippen LogP contribution in [-0.4, -0.2) is 50.3 Å². The van der Waals surface area contributed by atoms with E-state index in [1.165, 1.54) is 16.4 Å². The number of benzene rings is 2. The predicted molar refractivity (Wildman–Crippen MR) is 137 cm³/mol. The molecule has 2 heterocycles. The lowest BCUT2D eigenvalue weighted by Gasteiger charge is -2.44. The van der Waals surface area contributed by atoms with E-state index in [0.717, 1.165) is 17.5 Å². The second kappa shape index (κ2) is 10.5. The standard InChI is InChI=1S/C25H32F2N4O2S.ClH/c1-24(2,3)19-4-6-22(7-5-19)34(32,33)31-12-8-25(9-13-31)23(28-10-11-30-25)29-17-18-14-20(26)16-21(27)15-18;/h4-7,14-16,30H,8-13,17H2,1-3H3,(H,28,29);1H. The lowest BCUT2D eigenvalue weighted by molar-refractivity contribution is 0.241. The fourth-order valence-corrected chi connectivity index (χ4v) is 6.06. The lowest BCUT2D eigenvalue weighted by Crippen LogP contribution is -2.64. The summed E-state index contributed by atoms with van der Waals surface area (Å²) in [6.07, 6.45) is 1.10. The molecule has 0 saturated carbocycles. The van der Waals surface area contributed by atoms with Gasteiger partial charge in [0.2, 0.25) is 10.0 Å². The zero-order chi connectivity index (χ0) is 24.6. The third kappa shape index (κ3) is 6.02. The Labute approximate surface area is 212 Å². The van der Waals surface area contributed by atoms with Crippen molar-refractivity contribution in [3.63, 3.8) is 0 Å². The quantitative estimate of drug-likeness (QED) is 0.631. The van der Waals surface area contributed by atoms with E-state index in [1.807, 2.05) is 12.1 Å². The summed E-state index contributed by atoms with van der Waals surface area (Å²) in [4.78, 5) is 4.93. The average Bonchev–Trinajstić information content (AvgIpc) is 2.78. The molecule has 2 aliphatic rings. The summed E-state index contributed by atoms with van der Waals surface area (Å²) >= 11 is 0. The minimum absolute atomic E-state index is 0. The summed E-state index contributed by atoms with van der Waals surface area (Å²) in [5.41, 5.74) is 1.04. The second-order valence-corrected chi connectivity index (χ2v) is 12.0. The number of nitrogens with zero attached hydrogens (tertiary/aromatic N) is 2. The zero-order valence-corrected chi connectivity index (χ0v) is 21.9. The summed E-state index contributed by atoms with van der Waals surface area (Å²) in [5, 5.41) is 6.76. The first-order chi connectivity index (χ1) is 16.0. The number of hydrogen-bond acceptors (Lipinski definition) is 5. The first kappa shape index (κ1) is 27.5. The summed E-state index contributed by atoms with van der Waals surface area (Å²) < 4.78 is 55.1. The van der Waals surface area contributed by atoms with Gasteiger partial charge in [-0.2, -0.15) is 4.31 Å². The molecule has 1 spiro atoms. The number of amidine groups is 1. The number of rotatable bonds is 4. The molecule has 10 heteroatoms. The fraction of sp³-hybridized carbons (Fsp3) is 0.480. The van der Waals surface area contributed by atoms with E-state index in [-0.39, 0.29) is 24.4 Å². The van der Waals surface area contributed by atoms with Crippen LogP contribution in [0.3, 0.4) is 0 Å². The van der Waals surface area contributed by atoms with Crippen LogP contribution in [0.25, 0.3) is 0 Å². The van der Waals surface area contributed by atoms with Gasteiger partial charge in [-0.25, -0.2) is 17.2 Å². The number of sulfonamides is 1. The average molecular weight is 527 g/mol. The van der Waals surface area contributed by atoms with Gasteiger partial charge in [-0.05, 0) is 53.6 Å². The molecule has 1 saturated heterocycles. The number of nitrogens with one attached hydrogen (secondary N) is 2. The van der Waals surface area contributed by atoms with Gasteiger partial charge in [0.05, 0.1) is 17.0 Å². The molecule has 4 rings (SSSR count). The van der Waals surface area contributed by atoms with Crippen LogP contribution in [0.1, 0.15) is 44.7 Å². The molecule has 0 atom stereocenters. The molecule has 35 heavy (non-hydrogen) atoms. The van der Waals surface area contributed by atoms with Crippen molar-refractivity contribution in [1.29, 1.82) is 0 Å². The number of hydrogen-bond donors (Lipinski definition) is 2. The Balaban J connectivity index is 0.00000342. The van der Waals surface area contributed by atoms with E-state index in [4.69, 9.17) is 0 Å². The molecule has 0 bridgehead atoms. The molecular weight excluding hydrogens is 494 g/mol. The first-order valence-electron chi connectivity index (χ1n) is 11.6. The van der Waals surface area contributed by atoms with Crippen LogP contribution < -0.4 is 10.6 Å². The molecular formula is C25H33ClF2N4O2S. The van der Waals surface area contributed by atoms with Gasteiger partial charge in [0.1, 0.15) is 17.5 Å². The highest BCUT2D eigenvalue weighted by molar-refractivity contribution is 7.89. The van der Waals surface area contributed by atoms with Crippen molar-refractivity contribution in [2.45, 2.75) is 56.0 Å². The summed E-state index contributed by atoms with van der Waals surface area (Å²) in [5.74, 6) is -0.525. The van der Waals surface area contributed by atoms with E-state index >= 15 is 0 Å². The zero-order valence-electron chi connectivity index (χ0n) is 20.3. The monoisotopic (exact) mass is 526 g/mol. The maximum atomic E-state index is 13.5. The Morgan fingerprint density at radius 3 is 2.23 bits per heavy atom. The third-order valence-electron chi connectivity index (χ3n) is 6.61. The van der Waals surface area contributed by atoms with Crippen molar-refractivity contribution >= 4 is 28.3 Å². The normalized spacial score (nSPS) is 18.6. The van der Waals surface area contributed by atoms with Gasteiger partial charge in [-0.15, -0.1) is 12.4 Å². The minimum Gasteiger partial charge on any atom is -0.368 e. The van der Waals surface area contributed by atoms with Crippen molar-refractivity contribution in [3.8, 4) is 0 Å². The maximum absolute atomic E-state index is 13.5. The van der Waals surface area contributed by atoms with Gasteiger partial charge in [0.15, 0.2) is 0 Å². The highest BCUT2D eigenvalue weighted by Gasteiger charge is 2.43. The summed E-state index contributed by atoms with van der Waals surface area (Å²) in [6.45, 7) is 8.50. The molecule has 2 aliphatic heterocycles. The van der Waals surface area contributed by atoms with Crippen molar-refractivity contribution in [2.75, 3.05) is 26.2 Å². The molecule has 2 N–H and O–H groups in total. The van der Waals surface area contributed by atoms with Crippen molar-refractivity contribution in [2.24, 2.45) is 4.99 Å². The van der Waals surface area contributed by atoms with Crippen LogP contribution in [0.5, 0.6) is 0 Å². The number of aliphatic imine (C=N–C) groups is 1. The largest absolute Gasteiger partial charge is 0.368 e. The summed E-state index contributed by atoms with van der Waals surface area (Å²) in [7, 11) is -3.60. The fourth-order valence-electron chi connectivity index (χ4n) is 4.62. The molecule has 192 valence electrons. The molecule has 1 fully saturated rings.